The van der Waals surface area contributed by atoms with E-state index in [2.05, 4.69) is 0 Å². The molecule has 0 spiro atoms. The van der Waals surface area contributed by atoms with E-state index in [0.717, 1.165) is 29.4 Å². The second kappa shape index (κ2) is 15.4. The molecule has 0 radical (unpaired) electrons. The number of carbonyl (C=O) groups is 1. The zero-order chi connectivity index (χ0) is 38.9. The minimum atomic E-state index is -0.793. The molecule has 0 amide bonds. The molecule has 2 heterocycles. The molecule has 1 saturated carbocycles. The molecule has 54 heavy (non-hydrogen) atoms. The van der Waals surface area contributed by atoms with Crippen molar-refractivity contribution in [1.29, 1.82) is 0 Å². The van der Waals surface area contributed by atoms with Crippen LogP contribution in [0.4, 0.5) is 0 Å². The van der Waals surface area contributed by atoms with Crippen LogP contribution in [-0.2, 0) is 4.79 Å². The van der Waals surface area contributed by atoms with Gasteiger partial charge in [-0.05, 0) is 147 Å². The van der Waals surface area contributed by atoms with E-state index in [1.807, 2.05) is 73.8 Å². The van der Waals surface area contributed by atoms with Crippen LogP contribution in [0.5, 0.6) is 11.5 Å². The number of carboxylic acids is 1. The Morgan fingerprint density at radius 2 is 1.54 bits per heavy atom. The number of aromatic hydroxyl groups is 2. The highest BCUT2D eigenvalue weighted by Crippen LogP contribution is 2.51. The fourth-order valence-electron chi connectivity index (χ4n) is 7.09. The minimum absolute atomic E-state index is 0.0658. The van der Waals surface area contributed by atoms with Crippen molar-refractivity contribution in [2.75, 3.05) is 0 Å². The zero-order valence-corrected chi connectivity index (χ0v) is 37.0. The third-order valence-corrected chi connectivity index (χ3v) is 14.1. The summed E-state index contributed by atoms with van der Waals surface area (Å²) in [7, 11) is 0. The van der Waals surface area contributed by atoms with Crippen molar-refractivity contribution in [2.24, 2.45) is 5.92 Å². The number of carboxylic acid groups (broad SMARTS) is 1. The quantitative estimate of drug-likeness (QED) is 0.0688. The minimum Gasteiger partial charge on any atom is -0.508 e. The SMILES string of the molecule is Cc1cc2c(-c3cc(Cl)c(Cl)c(Cl)c3Cl)c3cc(I)c(=O)c(I)c-3oc2c(I)c1O.O=C(O)C1CCCC1c1c2ccc(=O)cc-2oc2cc(O)ccc12. The second-order valence-corrected chi connectivity index (χ2v) is 17.6. The summed E-state index contributed by atoms with van der Waals surface area (Å²) in [5.74, 6) is -0.381. The number of phenolic OH excluding ortho intramolecular Hbond substituents is 2. The second-order valence-electron chi connectivity index (χ2n) is 12.8. The van der Waals surface area contributed by atoms with Gasteiger partial charge in [-0.15, -0.1) is 0 Å². The van der Waals surface area contributed by atoms with E-state index >= 15 is 0 Å². The molecule has 0 bridgehead atoms. The van der Waals surface area contributed by atoms with Gasteiger partial charge in [0.15, 0.2) is 16.8 Å². The molecule has 5 aliphatic rings. The highest BCUT2D eigenvalue weighted by atomic mass is 127. The third-order valence-electron chi connectivity index (χ3n) is 9.55. The molecule has 8 rings (SSSR count). The molecule has 2 unspecified atom stereocenters. The number of benzene rings is 5. The van der Waals surface area contributed by atoms with E-state index in [1.165, 1.54) is 18.2 Å². The fourth-order valence-corrected chi connectivity index (χ4v) is 10.6. The van der Waals surface area contributed by atoms with Crippen molar-refractivity contribution in [2.45, 2.75) is 32.1 Å². The Morgan fingerprint density at radius 1 is 0.796 bits per heavy atom. The number of rotatable bonds is 3. The maximum Gasteiger partial charge on any atom is 0.307 e. The van der Waals surface area contributed by atoms with Gasteiger partial charge >= 0.3 is 5.97 Å². The van der Waals surface area contributed by atoms with E-state index in [-0.39, 0.29) is 48.4 Å². The van der Waals surface area contributed by atoms with E-state index in [1.54, 1.807) is 37.3 Å². The molecule has 8 nitrogen and oxygen atoms in total. The normalized spacial score (nSPS) is 15.6. The number of hydrogen-bond donors (Lipinski definition) is 3. The van der Waals surface area contributed by atoms with Crippen LogP contribution in [0.25, 0.3) is 55.7 Å². The Labute approximate surface area is 367 Å². The Balaban J connectivity index is 0.000000171. The van der Waals surface area contributed by atoms with Gasteiger partial charge in [0.25, 0.3) is 0 Å². The number of phenols is 2. The molecule has 0 aromatic heterocycles. The van der Waals surface area contributed by atoms with Gasteiger partial charge in [0.05, 0.1) is 33.1 Å². The highest BCUT2D eigenvalue weighted by Gasteiger charge is 2.37. The summed E-state index contributed by atoms with van der Waals surface area (Å²) >= 11 is 31.4. The van der Waals surface area contributed by atoms with Gasteiger partial charge in [-0.3, -0.25) is 14.4 Å². The largest absolute Gasteiger partial charge is 0.508 e. The lowest BCUT2D eigenvalue weighted by Crippen LogP contribution is -2.18. The molecule has 15 heteroatoms. The number of hydrogen-bond acceptors (Lipinski definition) is 7. The smallest absolute Gasteiger partial charge is 0.307 e. The Morgan fingerprint density at radius 3 is 2.26 bits per heavy atom. The van der Waals surface area contributed by atoms with Crippen LogP contribution < -0.4 is 10.9 Å². The maximum atomic E-state index is 12.6. The van der Waals surface area contributed by atoms with Crippen LogP contribution in [0.2, 0.25) is 20.1 Å². The van der Waals surface area contributed by atoms with Crippen LogP contribution in [0.1, 0.15) is 36.3 Å². The van der Waals surface area contributed by atoms with Crippen molar-refractivity contribution in [3.63, 3.8) is 0 Å². The summed E-state index contributed by atoms with van der Waals surface area (Å²) in [5.41, 5.74) is 4.82. The molecule has 2 atom stereocenters. The molecule has 3 aromatic rings. The predicted molar refractivity (Wildman–Crippen MR) is 238 cm³/mol. The first-order chi connectivity index (χ1) is 25.6. The van der Waals surface area contributed by atoms with Crippen molar-refractivity contribution >= 4 is 142 Å². The van der Waals surface area contributed by atoms with Crippen LogP contribution >= 0.6 is 114 Å². The zero-order valence-electron chi connectivity index (χ0n) is 27.5. The Kier molecular flexibility index (Phi) is 11.3. The maximum absolute atomic E-state index is 12.6. The average Bonchev–Trinajstić information content (AvgIpc) is 3.63. The summed E-state index contributed by atoms with van der Waals surface area (Å²) < 4.78 is 13.4. The van der Waals surface area contributed by atoms with Gasteiger partial charge < -0.3 is 24.2 Å². The van der Waals surface area contributed by atoms with Gasteiger partial charge in [-0.1, -0.05) is 52.8 Å². The van der Waals surface area contributed by atoms with E-state index < -0.39 is 11.9 Å². The summed E-state index contributed by atoms with van der Waals surface area (Å²) in [5, 5.41) is 32.0. The lowest BCUT2D eigenvalue weighted by atomic mass is 9.83. The molecule has 3 aromatic carbocycles. The summed E-state index contributed by atoms with van der Waals surface area (Å²) in [6.45, 7) is 1.79. The van der Waals surface area contributed by atoms with Crippen molar-refractivity contribution < 1.29 is 28.9 Å². The van der Waals surface area contributed by atoms with Crippen LogP contribution in [0, 0.1) is 23.6 Å². The fraction of sp³-hybridized carbons (Fsp3) is 0.154. The highest BCUT2D eigenvalue weighted by molar-refractivity contribution is 14.1. The molecule has 3 N–H and O–H groups in total. The van der Waals surface area contributed by atoms with Gasteiger partial charge in [0, 0.05) is 45.2 Å². The van der Waals surface area contributed by atoms with Crippen molar-refractivity contribution in [3.8, 4) is 45.3 Å². The standard InChI is InChI=1S/C20H7Cl4I3O3.C19H16O5/c1-5-2-7-11(6-3-9(21)13(23)14(24)12(6)22)8-4-10(25)18(29)16(27)20(8)30-19(7)15(26)17(5)28;20-10-4-6-14-16(8-10)24-17-9-11(21)5-7-15(17)18(14)12-2-1-3-13(12)19(22)23/h2-4,28H,1H3;4-9,12-13,20H,1-3H2,(H,22,23). The summed E-state index contributed by atoms with van der Waals surface area (Å²) in [6, 6.07) is 14.6. The van der Waals surface area contributed by atoms with Crippen molar-refractivity contribution in [1.82, 2.24) is 0 Å². The molecule has 2 aliphatic heterocycles. The lowest BCUT2D eigenvalue weighted by Gasteiger charge is -2.22. The first kappa shape index (κ1) is 39.7. The summed E-state index contributed by atoms with van der Waals surface area (Å²) in [4.78, 5) is 35.9. The Hall–Kier alpha value is -2.54. The van der Waals surface area contributed by atoms with Crippen LogP contribution in [0.15, 0.2) is 73.0 Å². The van der Waals surface area contributed by atoms with Gasteiger partial charge in [-0.2, -0.15) is 0 Å². The third kappa shape index (κ3) is 6.93. The monoisotopic (exact) mass is 1140 g/mol. The Bertz CT molecular complexity index is 2760. The molecular weight excluding hydrogens is 1120 g/mol. The summed E-state index contributed by atoms with van der Waals surface area (Å²) in [6.07, 6.45) is 2.28. The predicted octanol–water partition coefficient (Wildman–Crippen LogP) is 12.6. The van der Waals surface area contributed by atoms with E-state index in [0.29, 0.717) is 67.5 Å². The van der Waals surface area contributed by atoms with Crippen LogP contribution in [-0.4, -0.2) is 21.3 Å². The van der Waals surface area contributed by atoms with Gasteiger partial charge in [0.2, 0.25) is 5.43 Å². The number of aliphatic carboxylic acids is 1. The first-order valence-electron chi connectivity index (χ1n) is 16.1. The van der Waals surface area contributed by atoms with E-state index in [4.69, 9.17) is 55.2 Å². The average molecular weight is 1140 g/mol. The number of fused-ring (bicyclic) bond motifs is 4. The van der Waals surface area contributed by atoms with Crippen LogP contribution in [0.3, 0.4) is 0 Å². The number of aryl methyl sites for hydroxylation is 1. The molecule has 276 valence electrons. The van der Waals surface area contributed by atoms with Gasteiger partial charge in [-0.25, -0.2) is 0 Å². The lowest BCUT2D eigenvalue weighted by molar-refractivity contribution is -0.141. The van der Waals surface area contributed by atoms with Crippen molar-refractivity contribution in [3.05, 3.63) is 117 Å². The van der Waals surface area contributed by atoms with Gasteiger partial charge in [0.1, 0.15) is 26.4 Å². The number of halogens is 7. The molecular formula is C39H23Cl4I3O8. The molecule has 0 saturated heterocycles. The molecule has 1 fully saturated rings. The van der Waals surface area contributed by atoms with E-state index in [9.17, 15) is 29.7 Å². The topological polar surface area (TPSA) is 138 Å². The molecule has 3 aliphatic carbocycles. The first-order valence-corrected chi connectivity index (χ1v) is 20.9.